The maximum atomic E-state index is 4.47. The molecular formula is C46H31N5. The molecule has 5 aromatic carbocycles. The molecule has 0 amide bonds. The molecule has 0 radical (unpaired) electrons. The summed E-state index contributed by atoms with van der Waals surface area (Å²) in [7, 11) is 0. The van der Waals surface area contributed by atoms with Gasteiger partial charge in [0, 0.05) is 69.7 Å². The number of benzene rings is 5. The summed E-state index contributed by atoms with van der Waals surface area (Å²) in [6.07, 6.45) is 16.7. The fourth-order valence-electron chi connectivity index (χ4n) is 8.69. The average molecular weight is 654 g/mol. The molecule has 5 heteroatoms. The number of fused-ring (bicyclic) bond motifs is 9. The molecule has 0 fully saturated rings. The molecule has 0 bridgehead atoms. The number of allylic oxidation sites excluding steroid dienone is 2. The topological polar surface area (TPSA) is 37.2 Å². The standard InChI is InChI=1S/C46H31N5/c1-2-13-34(14-3-1)49-39-18-6-7-19-40(39)51-42-22-21-41-44(45(42)37-16-8-20-43(49)46(37)51)36-15-4-5-17-38(36)50(41)35-26-32(30-11-9-23-47-28-30)25-33(27-35)31-12-10-24-48-29-31/h1-29,36,38H. The zero-order chi connectivity index (χ0) is 33.5. The van der Waals surface area contributed by atoms with Gasteiger partial charge < -0.3 is 14.4 Å². The van der Waals surface area contributed by atoms with E-state index in [2.05, 4.69) is 164 Å². The second kappa shape index (κ2) is 10.9. The Labute approximate surface area is 295 Å². The van der Waals surface area contributed by atoms with Crippen LogP contribution in [0.1, 0.15) is 11.5 Å². The van der Waals surface area contributed by atoms with Crippen LogP contribution in [-0.2, 0) is 0 Å². The lowest BCUT2D eigenvalue weighted by Gasteiger charge is -2.33. The molecule has 1 aliphatic carbocycles. The number of para-hydroxylation sites is 4. The van der Waals surface area contributed by atoms with Crippen molar-refractivity contribution < 1.29 is 0 Å². The van der Waals surface area contributed by atoms with Crippen LogP contribution in [0.15, 0.2) is 176 Å². The van der Waals surface area contributed by atoms with E-state index < -0.39 is 0 Å². The Hall–Kier alpha value is -6.72. The van der Waals surface area contributed by atoms with Crippen LogP contribution < -0.4 is 9.80 Å². The van der Waals surface area contributed by atoms with Crippen molar-refractivity contribution >= 4 is 50.2 Å². The van der Waals surface area contributed by atoms with Crippen LogP contribution in [0.2, 0.25) is 0 Å². The summed E-state index contributed by atoms with van der Waals surface area (Å²) in [5, 5.41) is 2.60. The van der Waals surface area contributed by atoms with E-state index in [9.17, 15) is 0 Å². The van der Waals surface area contributed by atoms with E-state index >= 15 is 0 Å². The van der Waals surface area contributed by atoms with Crippen molar-refractivity contribution in [3.8, 4) is 27.9 Å². The molecule has 5 nitrogen and oxygen atoms in total. The van der Waals surface area contributed by atoms with Crippen LogP contribution in [0.3, 0.4) is 0 Å². The predicted octanol–water partition coefficient (Wildman–Crippen LogP) is 11.4. The smallest absolute Gasteiger partial charge is 0.0783 e. The van der Waals surface area contributed by atoms with Crippen molar-refractivity contribution in [2.75, 3.05) is 9.80 Å². The summed E-state index contributed by atoms with van der Waals surface area (Å²) in [5.41, 5.74) is 15.4. The molecule has 3 aliphatic rings. The van der Waals surface area contributed by atoms with Gasteiger partial charge in [0.1, 0.15) is 0 Å². The highest BCUT2D eigenvalue weighted by Crippen LogP contribution is 2.56. The SMILES string of the molecule is C1=CC2c3c(ccc4c3c3cccc5c3n4-c3ccccc3N5c3ccccc3)N(c3cc(-c4cccnc4)cc(-c4cccnc4)c3)C2C=C1. The molecule has 2 atom stereocenters. The van der Waals surface area contributed by atoms with Crippen molar-refractivity contribution in [1.29, 1.82) is 0 Å². The van der Waals surface area contributed by atoms with Crippen molar-refractivity contribution in [1.82, 2.24) is 14.5 Å². The largest absolute Gasteiger partial charge is 0.333 e. The molecule has 3 aromatic heterocycles. The Morgan fingerprint density at radius 1 is 0.510 bits per heavy atom. The lowest BCUT2D eigenvalue weighted by molar-refractivity contribution is 0.747. The Balaban J connectivity index is 1.19. The third-order valence-corrected chi connectivity index (χ3v) is 10.8. The minimum Gasteiger partial charge on any atom is -0.333 e. The monoisotopic (exact) mass is 653 g/mol. The summed E-state index contributed by atoms with van der Waals surface area (Å²) in [6.45, 7) is 0. The van der Waals surface area contributed by atoms with Crippen LogP contribution >= 0.6 is 0 Å². The van der Waals surface area contributed by atoms with Gasteiger partial charge in [0.2, 0.25) is 0 Å². The van der Waals surface area contributed by atoms with Gasteiger partial charge >= 0.3 is 0 Å². The summed E-state index contributed by atoms with van der Waals surface area (Å²) in [4.78, 5) is 13.9. The van der Waals surface area contributed by atoms with Crippen LogP contribution in [0, 0.1) is 0 Å². The van der Waals surface area contributed by atoms with E-state index in [1.165, 1.54) is 50.1 Å². The van der Waals surface area contributed by atoms with Gasteiger partial charge in [-0.3, -0.25) is 9.97 Å². The second-order valence-electron chi connectivity index (χ2n) is 13.5. The first-order chi connectivity index (χ1) is 25.3. The van der Waals surface area contributed by atoms with E-state index in [-0.39, 0.29) is 12.0 Å². The van der Waals surface area contributed by atoms with E-state index in [4.69, 9.17) is 0 Å². The quantitative estimate of drug-likeness (QED) is 0.189. The zero-order valence-electron chi connectivity index (χ0n) is 27.6. The third-order valence-electron chi connectivity index (χ3n) is 10.8. The first kappa shape index (κ1) is 28.2. The van der Waals surface area contributed by atoms with Crippen molar-refractivity contribution in [2.24, 2.45) is 0 Å². The predicted molar refractivity (Wildman–Crippen MR) is 209 cm³/mol. The van der Waals surface area contributed by atoms with Crippen LogP contribution in [0.5, 0.6) is 0 Å². The first-order valence-corrected chi connectivity index (χ1v) is 17.5. The van der Waals surface area contributed by atoms with Gasteiger partial charge in [-0.1, -0.05) is 78.9 Å². The minimum atomic E-state index is 0.126. The molecule has 240 valence electrons. The highest BCUT2D eigenvalue weighted by Gasteiger charge is 2.41. The molecular weight excluding hydrogens is 623 g/mol. The maximum absolute atomic E-state index is 4.47. The van der Waals surface area contributed by atoms with Crippen molar-refractivity contribution in [3.63, 3.8) is 0 Å². The van der Waals surface area contributed by atoms with E-state index in [1.54, 1.807) is 0 Å². The van der Waals surface area contributed by atoms with Crippen LogP contribution in [-0.4, -0.2) is 20.6 Å². The van der Waals surface area contributed by atoms with Gasteiger partial charge in [0.25, 0.3) is 0 Å². The third kappa shape index (κ3) is 4.09. The first-order valence-electron chi connectivity index (χ1n) is 17.5. The summed E-state index contributed by atoms with van der Waals surface area (Å²) < 4.78 is 2.50. The lowest BCUT2D eigenvalue weighted by Crippen LogP contribution is -2.28. The molecule has 2 unspecified atom stereocenters. The Morgan fingerprint density at radius 2 is 1.22 bits per heavy atom. The van der Waals surface area contributed by atoms with Gasteiger partial charge in [-0.25, -0.2) is 0 Å². The van der Waals surface area contributed by atoms with Crippen molar-refractivity contribution in [3.05, 3.63) is 182 Å². The number of nitrogens with zero attached hydrogens (tertiary/aromatic N) is 5. The van der Waals surface area contributed by atoms with Gasteiger partial charge in [0.15, 0.2) is 0 Å². The van der Waals surface area contributed by atoms with Gasteiger partial charge in [0.05, 0.1) is 34.1 Å². The fourth-order valence-corrected chi connectivity index (χ4v) is 8.69. The molecule has 0 spiro atoms. The Morgan fingerprint density at radius 3 is 1.96 bits per heavy atom. The number of hydrogen-bond acceptors (Lipinski definition) is 4. The molecule has 2 aliphatic heterocycles. The molecule has 51 heavy (non-hydrogen) atoms. The van der Waals surface area contributed by atoms with Crippen LogP contribution in [0.25, 0.3) is 49.7 Å². The minimum absolute atomic E-state index is 0.126. The Kier molecular flexibility index (Phi) is 6.01. The highest BCUT2D eigenvalue weighted by molar-refractivity contribution is 6.19. The molecule has 0 saturated heterocycles. The highest BCUT2D eigenvalue weighted by atomic mass is 15.2. The summed E-state index contributed by atoms with van der Waals surface area (Å²) in [5.74, 6) is 0.182. The molecule has 0 N–H and O–H groups in total. The van der Waals surface area contributed by atoms with Crippen molar-refractivity contribution in [2.45, 2.75) is 12.0 Å². The van der Waals surface area contributed by atoms with E-state index in [0.29, 0.717) is 0 Å². The number of aromatic nitrogens is 3. The number of pyridine rings is 2. The molecule has 11 rings (SSSR count). The number of rotatable bonds is 4. The average Bonchev–Trinajstić information content (AvgIpc) is 3.73. The number of hydrogen-bond donors (Lipinski definition) is 0. The van der Waals surface area contributed by atoms with E-state index in [0.717, 1.165) is 33.6 Å². The molecule has 5 heterocycles. The second-order valence-corrected chi connectivity index (χ2v) is 13.5. The summed E-state index contributed by atoms with van der Waals surface area (Å²) >= 11 is 0. The lowest BCUT2D eigenvalue weighted by atomic mass is 9.88. The number of anilines is 5. The Bertz CT molecular complexity index is 2650. The normalized spacial score (nSPS) is 16.8. The van der Waals surface area contributed by atoms with Gasteiger partial charge in [-0.05, 0) is 89.5 Å². The van der Waals surface area contributed by atoms with E-state index in [1.807, 2.05) is 36.9 Å². The van der Waals surface area contributed by atoms with Gasteiger partial charge in [-0.15, -0.1) is 0 Å². The van der Waals surface area contributed by atoms with Gasteiger partial charge in [-0.2, -0.15) is 0 Å². The fraction of sp³-hybridized carbons (Fsp3) is 0.0435. The molecule has 0 saturated carbocycles. The van der Waals surface area contributed by atoms with Crippen LogP contribution in [0.4, 0.5) is 28.4 Å². The summed E-state index contributed by atoms with van der Waals surface area (Å²) in [6, 6.07) is 46.3. The zero-order valence-corrected chi connectivity index (χ0v) is 27.6. The molecule has 8 aromatic rings. The maximum Gasteiger partial charge on any atom is 0.0783 e.